The Hall–Kier alpha value is -1.29. The molecular formula is C14H23N3O. The molecule has 2 rings (SSSR count). The van der Waals surface area contributed by atoms with Crippen LogP contribution in [0.1, 0.15) is 44.2 Å². The molecule has 1 amide bonds. The number of aromatic nitrogens is 1. The second-order valence-electron chi connectivity index (χ2n) is 5.26. The summed E-state index contributed by atoms with van der Waals surface area (Å²) in [5, 5.41) is 2.97. The van der Waals surface area contributed by atoms with Gasteiger partial charge in [0.15, 0.2) is 0 Å². The molecule has 1 saturated carbocycles. The van der Waals surface area contributed by atoms with Crippen LogP contribution in [0.4, 0.5) is 0 Å². The van der Waals surface area contributed by atoms with Crippen LogP contribution in [0.5, 0.6) is 0 Å². The SMILES string of the molecule is CCCC(N)c1ccn(CC(=O)NCC2CC2)c1. The van der Waals surface area contributed by atoms with Crippen molar-refractivity contribution in [1.29, 1.82) is 0 Å². The summed E-state index contributed by atoms with van der Waals surface area (Å²) in [6.07, 6.45) is 8.50. The summed E-state index contributed by atoms with van der Waals surface area (Å²) in [4.78, 5) is 11.7. The normalized spacial score (nSPS) is 16.6. The van der Waals surface area contributed by atoms with Gasteiger partial charge >= 0.3 is 0 Å². The van der Waals surface area contributed by atoms with Crippen LogP contribution in [0.15, 0.2) is 18.5 Å². The zero-order chi connectivity index (χ0) is 13.0. The molecule has 4 heteroatoms. The van der Waals surface area contributed by atoms with Crippen LogP contribution in [0.2, 0.25) is 0 Å². The number of hydrogen-bond donors (Lipinski definition) is 2. The van der Waals surface area contributed by atoms with Crippen LogP contribution in [0.25, 0.3) is 0 Å². The van der Waals surface area contributed by atoms with Crippen molar-refractivity contribution in [3.63, 3.8) is 0 Å². The molecule has 1 fully saturated rings. The molecule has 1 aromatic rings. The molecular weight excluding hydrogens is 226 g/mol. The second kappa shape index (κ2) is 6.05. The number of nitrogens with one attached hydrogen (secondary N) is 1. The standard InChI is InChI=1S/C14H23N3O/c1-2-3-13(15)12-6-7-17(9-12)10-14(18)16-8-11-4-5-11/h6-7,9,11,13H,2-5,8,10,15H2,1H3,(H,16,18). The molecule has 0 aliphatic heterocycles. The van der Waals surface area contributed by atoms with Crippen LogP contribution in [-0.2, 0) is 11.3 Å². The van der Waals surface area contributed by atoms with Gasteiger partial charge in [-0.1, -0.05) is 13.3 Å². The maximum absolute atomic E-state index is 11.7. The average Bonchev–Trinajstić information content (AvgIpc) is 3.06. The van der Waals surface area contributed by atoms with Gasteiger partial charge in [0.25, 0.3) is 0 Å². The van der Waals surface area contributed by atoms with Crippen LogP contribution < -0.4 is 11.1 Å². The molecule has 0 bridgehead atoms. The molecule has 100 valence electrons. The second-order valence-corrected chi connectivity index (χ2v) is 5.26. The van der Waals surface area contributed by atoms with Gasteiger partial charge in [-0.05, 0) is 36.8 Å². The Labute approximate surface area is 109 Å². The van der Waals surface area contributed by atoms with Crippen molar-refractivity contribution in [2.75, 3.05) is 6.54 Å². The fourth-order valence-corrected chi connectivity index (χ4v) is 2.06. The Balaban J connectivity index is 1.79. The van der Waals surface area contributed by atoms with Gasteiger partial charge in [-0.25, -0.2) is 0 Å². The molecule has 0 radical (unpaired) electrons. The van der Waals surface area contributed by atoms with E-state index in [1.807, 2.05) is 23.0 Å². The lowest BCUT2D eigenvalue weighted by atomic mass is 10.1. The third-order valence-corrected chi connectivity index (χ3v) is 3.41. The van der Waals surface area contributed by atoms with Gasteiger partial charge in [0.05, 0.1) is 0 Å². The molecule has 0 aromatic carbocycles. The van der Waals surface area contributed by atoms with Gasteiger partial charge in [-0.2, -0.15) is 0 Å². The molecule has 1 aliphatic carbocycles. The summed E-state index contributed by atoms with van der Waals surface area (Å²) in [6, 6.07) is 2.10. The Morgan fingerprint density at radius 2 is 2.39 bits per heavy atom. The number of hydrogen-bond acceptors (Lipinski definition) is 2. The number of carbonyl (C=O) groups excluding carboxylic acids is 1. The topological polar surface area (TPSA) is 60.0 Å². The highest BCUT2D eigenvalue weighted by Gasteiger charge is 2.21. The van der Waals surface area contributed by atoms with Crippen molar-refractivity contribution in [3.8, 4) is 0 Å². The van der Waals surface area contributed by atoms with E-state index in [-0.39, 0.29) is 11.9 Å². The quantitative estimate of drug-likeness (QED) is 0.774. The van der Waals surface area contributed by atoms with Crippen molar-refractivity contribution >= 4 is 5.91 Å². The summed E-state index contributed by atoms with van der Waals surface area (Å²) in [5.41, 5.74) is 7.16. The van der Waals surface area contributed by atoms with E-state index in [4.69, 9.17) is 5.73 Å². The summed E-state index contributed by atoms with van der Waals surface area (Å²) >= 11 is 0. The summed E-state index contributed by atoms with van der Waals surface area (Å²) in [7, 11) is 0. The van der Waals surface area contributed by atoms with E-state index >= 15 is 0 Å². The summed E-state index contributed by atoms with van der Waals surface area (Å²) in [5.74, 6) is 0.820. The molecule has 0 spiro atoms. The first-order chi connectivity index (χ1) is 8.69. The number of carbonyl (C=O) groups is 1. The van der Waals surface area contributed by atoms with Crippen LogP contribution in [0.3, 0.4) is 0 Å². The Morgan fingerprint density at radius 3 is 3.06 bits per heavy atom. The first-order valence-electron chi connectivity index (χ1n) is 6.87. The van der Waals surface area contributed by atoms with E-state index in [0.29, 0.717) is 6.54 Å². The van der Waals surface area contributed by atoms with Gasteiger partial charge in [0.2, 0.25) is 5.91 Å². The maximum atomic E-state index is 11.7. The van der Waals surface area contributed by atoms with E-state index < -0.39 is 0 Å². The number of nitrogens with two attached hydrogens (primary N) is 1. The maximum Gasteiger partial charge on any atom is 0.239 e. The number of amides is 1. The molecule has 0 saturated heterocycles. The minimum atomic E-state index is 0.0887. The summed E-state index contributed by atoms with van der Waals surface area (Å²) in [6.45, 7) is 3.36. The minimum absolute atomic E-state index is 0.0887. The fourth-order valence-electron chi connectivity index (χ4n) is 2.06. The van der Waals surface area contributed by atoms with Crippen molar-refractivity contribution in [2.45, 2.75) is 45.2 Å². The Morgan fingerprint density at radius 1 is 1.61 bits per heavy atom. The number of nitrogens with zero attached hydrogens (tertiary/aromatic N) is 1. The fraction of sp³-hybridized carbons (Fsp3) is 0.643. The van der Waals surface area contributed by atoms with Crippen LogP contribution in [0, 0.1) is 5.92 Å². The van der Waals surface area contributed by atoms with E-state index in [9.17, 15) is 4.79 Å². The first kappa shape index (κ1) is 13.1. The van der Waals surface area contributed by atoms with E-state index in [1.54, 1.807) is 0 Å². The predicted molar refractivity (Wildman–Crippen MR) is 72.0 cm³/mol. The predicted octanol–water partition coefficient (Wildman–Crippen LogP) is 1.81. The van der Waals surface area contributed by atoms with Crippen molar-refractivity contribution < 1.29 is 4.79 Å². The van der Waals surface area contributed by atoms with Gasteiger partial charge in [-0.3, -0.25) is 4.79 Å². The Kier molecular flexibility index (Phi) is 4.42. The third kappa shape index (κ3) is 3.88. The van der Waals surface area contributed by atoms with Crippen molar-refractivity contribution in [1.82, 2.24) is 9.88 Å². The molecule has 1 aromatic heterocycles. The Bertz CT molecular complexity index is 395. The molecule has 18 heavy (non-hydrogen) atoms. The van der Waals surface area contributed by atoms with Crippen molar-refractivity contribution in [2.24, 2.45) is 11.7 Å². The first-order valence-corrected chi connectivity index (χ1v) is 6.87. The zero-order valence-electron chi connectivity index (χ0n) is 11.1. The molecule has 1 heterocycles. The highest BCUT2D eigenvalue weighted by atomic mass is 16.1. The minimum Gasteiger partial charge on any atom is -0.354 e. The van der Waals surface area contributed by atoms with Gasteiger partial charge in [0.1, 0.15) is 6.54 Å². The molecule has 1 unspecified atom stereocenters. The lowest BCUT2D eigenvalue weighted by Gasteiger charge is -2.08. The smallest absolute Gasteiger partial charge is 0.239 e. The monoisotopic (exact) mass is 249 g/mol. The third-order valence-electron chi connectivity index (χ3n) is 3.41. The highest BCUT2D eigenvalue weighted by molar-refractivity contribution is 5.75. The number of rotatable bonds is 7. The molecule has 1 aliphatic rings. The van der Waals surface area contributed by atoms with E-state index in [1.165, 1.54) is 12.8 Å². The van der Waals surface area contributed by atoms with Gasteiger partial charge in [0, 0.05) is 25.0 Å². The zero-order valence-corrected chi connectivity index (χ0v) is 11.1. The van der Waals surface area contributed by atoms with Gasteiger partial charge < -0.3 is 15.6 Å². The lowest BCUT2D eigenvalue weighted by Crippen LogP contribution is -2.28. The highest BCUT2D eigenvalue weighted by Crippen LogP contribution is 2.27. The molecule has 4 nitrogen and oxygen atoms in total. The van der Waals surface area contributed by atoms with Crippen LogP contribution in [-0.4, -0.2) is 17.0 Å². The van der Waals surface area contributed by atoms with Crippen molar-refractivity contribution in [3.05, 3.63) is 24.0 Å². The van der Waals surface area contributed by atoms with Gasteiger partial charge in [-0.15, -0.1) is 0 Å². The van der Waals surface area contributed by atoms with E-state index in [0.717, 1.165) is 30.9 Å². The lowest BCUT2D eigenvalue weighted by molar-refractivity contribution is -0.121. The van der Waals surface area contributed by atoms with Crippen LogP contribution >= 0.6 is 0 Å². The van der Waals surface area contributed by atoms with E-state index in [2.05, 4.69) is 12.2 Å². The molecule has 1 atom stereocenters. The largest absolute Gasteiger partial charge is 0.354 e. The molecule has 3 N–H and O–H groups in total. The summed E-state index contributed by atoms with van der Waals surface area (Å²) < 4.78 is 1.91. The average molecular weight is 249 g/mol.